The molecule has 0 saturated carbocycles. The maximum absolute atomic E-state index is 12.6. The summed E-state index contributed by atoms with van der Waals surface area (Å²) in [5.41, 5.74) is 0. The Kier molecular flexibility index (Phi) is 3.64. The summed E-state index contributed by atoms with van der Waals surface area (Å²) in [5, 5.41) is 8.70. The first-order valence-corrected chi connectivity index (χ1v) is 5.20. The van der Waals surface area contributed by atoms with Crippen LogP contribution in [0.4, 0.5) is 8.78 Å². The number of hydrogen-bond donors (Lipinski definition) is 1. The molecule has 0 spiro atoms. The molecule has 1 aliphatic rings. The number of carboxylic acid groups (broad SMARTS) is 1. The van der Waals surface area contributed by atoms with E-state index in [0.717, 1.165) is 4.90 Å². The molecular weight excluding hydrogens is 276 g/mol. The molecule has 86 valence electrons. The van der Waals surface area contributed by atoms with Crippen molar-refractivity contribution in [2.45, 2.75) is 17.7 Å². The standard InChI is InChI=1S/C8H10BrF2NO3/c9-8(10,11)7(15)12-3-1-2-5(4-12)6(13)14/h5H,1-4H2,(H,13,14)/t5-/m1/s1. The van der Waals surface area contributed by atoms with Gasteiger partial charge in [0, 0.05) is 29.0 Å². The van der Waals surface area contributed by atoms with Crippen LogP contribution >= 0.6 is 15.9 Å². The Balaban J connectivity index is 2.64. The molecule has 1 amide bonds. The maximum Gasteiger partial charge on any atom is 0.377 e. The summed E-state index contributed by atoms with van der Waals surface area (Å²) in [5.74, 6) is -3.16. The second-order valence-corrected chi connectivity index (χ2v) is 4.42. The molecule has 1 heterocycles. The Bertz CT molecular complexity index is 280. The second kappa shape index (κ2) is 4.42. The van der Waals surface area contributed by atoms with E-state index in [9.17, 15) is 18.4 Å². The molecule has 0 aliphatic carbocycles. The van der Waals surface area contributed by atoms with E-state index in [-0.39, 0.29) is 13.1 Å². The van der Waals surface area contributed by atoms with Gasteiger partial charge in [0.15, 0.2) is 0 Å². The van der Waals surface area contributed by atoms with Crippen LogP contribution in [0.3, 0.4) is 0 Å². The maximum atomic E-state index is 12.6. The first-order chi connectivity index (χ1) is 6.82. The van der Waals surface area contributed by atoms with Crippen LogP contribution in [0.15, 0.2) is 0 Å². The van der Waals surface area contributed by atoms with E-state index in [1.165, 1.54) is 0 Å². The molecule has 0 aromatic carbocycles. The molecule has 1 fully saturated rings. The highest BCUT2D eigenvalue weighted by Crippen LogP contribution is 2.27. The predicted molar refractivity (Wildman–Crippen MR) is 50.8 cm³/mol. The number of hydrogen-bond acceptors (Lipinski definition) is 2. The number of rotatable bonds is 2. The molecule has 7 heteroatoms. The topological polar surface area (TPSA) is 57.6 Å². The van der Waals surface area contributed by atoms with Gasteiger partial charge in [-0.3, -0.25) is 9.59 Å². The zero-order valence-electron chi connectivity index (χ0n) is 7.75. The molecule has 1 atom stereocenters. The van der Waals surface area contributed by atoms with Gasteiger partial charge >= 0.3 is 16.7 Å². The van der Waals surface area contributed by atoms with Gasteiger partial charge in [-0.05, 0) is 12.8 Å². The Morgan fingerprint density at radius 3 is 2.53 bits per heavy atom. The third kappa shape index (κ3) is 3.12. The van der Waals surface area contributed by atoms with Crippen LogP contribution in [0.1, 0.15) is 12.8 Å². The van der Waals surface area contributed by atoms with Crippen LogP contribution in [-0.4, -0.2) is 39.8 Å². The Morgan fingerprint density at radius 1 is 1.47 bits per heavy atom. The molecule has 0 radical (unpaired) electrons. The van der Waals surface area contributed by atoms with Crippen molar-refractivity contribution in [1.82, 2.24) is 4.90 Å². The number of carbonyl (C=O) groups excluding carboxylic acids is 1. The minimum atomic E-state index is -3.60. The minimum absolute atomic E-state index is 0.143. The molecule has 1 N–H and O–H groups in total. The van der Waals surface area contributed by atoms with Gasteiger partial charge in [0.05, 0.1) is 5.92 Å². The van der Waals surface area contributed by atoms with Crippen LogP contribution in [-0.2, 0) is 9.59 Å². The smallest absolute Gasteiger partial charge is 0.377 e. The molecule has 0 bridgehead atoms. The monoisotopic (exact) mass is 285 g/mol. The molecule has 0 aromatic rings. The van der Waals surface area contributed by atoms with Crippen molar-refractivity contribution in [3.63, 3.8) is 0 Å². The highest BCUT2D eigenvalue weighted by atomic mass is 79.9. The molecule has 1 aliphatic heterocycles. The molecule has 1 saturated heterocycles. The molecule has 1 rings (SSSR count). The number of nitrogens with zero attached hydrogens (tertiary/aromatic N) is 1. The quantitative estimate of drug-likeness (QED) is 0.778. The zero-order valence-corrected chi connectivity index (χ0v) is 9.34. The van der Waals surface area contributed by atoms with Crippen LogP contribution in [0.25, 0.3) is 0 Å². The molecule has 0 unspecified atom stereocenters. The van der Waals surface area contributed by atoms with Crippen LogP contribution in [0, 0.1) is 5.92 Å². The van der Waals surface area contributed by atoms with E-state index >= 15 is 0 Å². The fourth-order valence-electron chi connectivity index (χ4n) is 1.54. The van der Waals surface area contributed by atoms with Gasteiger partial charge in [-0.25, -0.2) is 0 Å². The number of halogens is 3. The zero-order chi connectivity index (χ0) is 11.6. The van der Waals surface area contributed by atoms with Crippen molar-refractivity contribution < 1.29 is 23.5 Å². The lowest BCUT2D eigenvalue weighted by atomic mass is 9.98. The van der Waals surface area contributed by atoms with Crippen LogP contribution in [0.5, 0.6) is 0 Å². The van der Waals surface area contributed by atoms with Crippen molar-refractivity contribution in [2.24, 2.45) is 5.92 Å². The largest absolute Gasteiger partial charge is 0.481 e. The average Bonchev–Trinajstić information content (AvgIpc) is 2.15. The second-order valence-electron chi connectivity index (χ2n) is 3.43. The van der Waals surface area contributed by atoms with E-state index in [2.05, 4.69) is 0 Å². The minimum Gasteiger partial charge on any atom is -0.481 e. The summed E-state index contributed by atoms with van der Waals surface area (Å²) in [7, 11) is 0. The third-order valence-electron chi connectivity index (χ3n) is 2.30. The van der Waals surface area contributed by atoms with E-state index < -0.39 is 22.6 Å². The summed E-state index contributed by atoms with van der Waals surface area (Å²) in [6.45, 7) is 0.0408. The number of piperidine rings is 1. The first kappa shape index (κ1) is 12.4. The number of carbonyl (C=O) groups is 2. The Labute approximate surface area is 93.4 Å². The van der Waals surface area contributed by atoms with Gasteiger partial charge in [-0.15, -0.1) is 0 Å². The Hall–Kier alpha value is -0.720. The summed E-state index contributed by atoms with van der Waals surface area (Å²) >= 11 is 1.96. The van der Waals surface area contributed by atoms with Crippen molar-refractivity contribution in [3.8, 4) is 0 Å². The number of aliphatic carboxylic acids is 1. The first-order valence-electron chi connectivity index (χ1n) is 4.41. The van der Waals surface area contributed by atoms with Gasteiger partial charge < -0.3 is 10.0 Å². The predicted octanol–water partition coefficient (Wildman–Crippen LogP) is 1.30. The number of likely N-dealkylation sites (tertiary alicyclic amines) is 1. The molecule has 4 nitrogen and oxygen atoms in total. The average molecular weight is 286 g/mol. The number of carboxylic acids is 1. The van der Waals surface area contributed by atoms with Crippen LogP contribution in [0.2, 0.25) is 0 Å². The van der Waals surface area contributed by atoms with E-state index in [1.807, 2.05) is 15.9 Å². The van der Waals surface area contributed by atoms with Gasteiger partial charge in [-0.1, -0.05) is 0 Å². The molecule has 15 heavy (non-hydrogen) atoms. The fraction of sp³-hybridized carbons (Fsp3) is 0.750. The number of alkyl halides is 3. The lowest BCUT2D eigenvalue weighted by molar-refractivity contribution is -0.151. The SMILES string of the molecule is O=C(O)[C@@H]1CCCN(C(=O)C(F)(F)Br)C1. The summed E-state index contributed by atoms with van der Waals surface area (Å²) in [6.07, 6.45) is 0.860. The fourth-order valence-corrected chi connectivity index (χ4v) is 1.79. The number of amides is 1. The van der Waals surface area contributed by atoms with Gasteiger partial charge in [0.1, 0.15) is 0 Å². The van der Waals surface area contributed by atoms with E-state index in [1.54, 1.807) is 0 Å². The van der Waals surface area contributed by atoms with Gasteiger partial charge in [0.2, 0.25) is 0 Å². The highest BCUT2D eigenvalue weighted by molar-refractivity contribution is 9.10. The highest BCUT2D eigenvalue weighted by Gasteiger charge is 2.41. The van der Waals surface area contributed by atoms with E-state index in [0.29, 0.717) is 12.8 Å². The lowest BCUT2D eigenvalue weighted by Crippen LogP contribution is -2.47. The van der Waals surface area contributed by atoms with Crippen molar-refractivity contribution in [1.29, 1.82) is 0 Å². The summed E-state index contributed by atoms with van der Waals surface area (Å²) in [6, 6.07) is 0. The normalized spacial score (nSPS) is 22.6. The van der Waals surface area contributed by atoms with Gasteiger partial charge in [-0.2, -0.15) is 8.78 Å². The van der Waals surface area contributed by atoms with E-state index in [4.69, 9.17) is 5.11 Å². The van der Waals surface area contributed by atoms with Crippen LogP contribution < -0.4 is 0 Å². The van der Waals surface area contributed by atoms with Crippen molar-refractivity contribution in [2.75, 3.05) is 13.1 Å². The van der Waals surface area contributed by atoms with Crippen molar-refractivity contribution >= 4 is 27.8 Å². The third-order valence-corrected chi connectivity index (χ3v) is 2.64. The molecule has 0 aromatic heterocycles. The summed E-state index contributed by atoms with van der Waals surface area (Å²) in [4.78, 5) is 19.0. The molecular formula is C8H10BrF2NO3. The summed E-state index contributed by atoms with van der Waals surface area (Å²) < 4.78 is 25.2. The van der Waals surface area contributed by atoms with Gasteiger partial charge in [0.25, 0.3) is 0 Å². The lowest BCUT2D eigenvalue weighted by Gasteiger charge is -2.31. The van der Waals surface area contributed by atoms with Crippen molar-refractivity contribution in [3.05, 3.63) is 0 Å². The Morgan fingerprint density at radius 2 is 2.07 bits per heavy atom.